The lowest BCUT2D eigenvalue weighted by Gasteiger charge is -2.17. The SMILES string of the molecule is CCCC(CCO)CN=C(NCC)NCC1CCN(C)C1. The van der Waals surface area contributed by atoms with E-state index in [9.17, 15) is 0 Å². The van der Waals surface area contributed by atoms with Crippen LogP contribution >= 0.6 is 0 Å². The van der Waals surface area contributed by atoms with Gasteiger partial charge in [0.05, 0.1) is 0 Å². The number of nitrogens with zero attached hydrogens (tertiary/aromatic N) is 2. The molecule has 0 amide bonds. The lowest BCUT2D eigenvalue weighted by molar-refractivity contribution is 0.253. The highest BCUT2D eigenvalue weighted by atomic mass is 16.3. The Hall–Kier alpha value is -0.810. The Morgan fingerprint density at radius 3 is 2.71 bits per heavy atom. The third-order valence-corrected chi connectivity index (χ3v) is 4.13. The third kappa shape index (κ3) is 7.67. The van der Waals surface area contributed by atoms with Gasteiger partial charge in [-0.25, -0.2) is 0 Å². The van der Waals surface area contributed by atoms with Gasteiger partial charge in [0.2, 0.25) is 0 Å². The summed E-state index contributed by atoms with van der Waals surface area (Å²) in [4.78, 5) is 7.08. The Morgan fingerprint density at radius 1 is 1.33 bits per heavy atom. The summed E-state index contributed by atoms with van der Waals surface area (Å²) in [5.41, 5.74) is 0. The van der Waals surface area contributed by atoms with Gasteiger partial charge in [-0.1, -0.05) is 13.3 Å². The van der Waals surface area contributed by atoms with E-state index >= 15 is 0 Å². The van der Waals surface area contributed by atoms with Crippen molar-refractivity contribution in [2.45, 2.75) is 39.5 Å². The predicted octanol–water partition coefficient (Wildman–Crippen LogP) is 1.29. The molecule has 1 rings (SSSR count). The van der Waals surface area contributed by atoms with Gasteiger partial charge in [0.15, 0.2) is 5.96 Å². The first-order chi connectivity index (χ1) is 10.2. The van der Waals surface area contributed by atoms with Crippen molar-refractivity contribution >= 4 is 5.96 Å². The van der Waals surface area contributed by atoms with Crippen molar-refractivity contribution in [1.29, 1.82) is 0 Å². The van der Waals surface area contributed by atoms with Crippen LogP contribution in [0.2, 0.25) is 0 Å². The summed E-state index contributed by atoms with van der Waals surface area (Å²) in [6.45, 7) is 9.60. The smallest absolute Gasteiger partial charge is 0.191 e. The number of nitrogens with one attached hydrogen (secondary N) is 2. The maximum Gasteiger partial charge on any atom is 0.191 e. The highest BCUT2D eigenvalue weighted by molar-refractivity contribution is 5.79. The van der Waals surface area contributed by atoms with E-state index in [4.69, 9.17) is 10.1 Å². The second-order valence-corrected chi connectivity index (χ2v) is 6.18. The molecule has 0 saturated carbocycles. The predicted molar refractivity (Wildman–Crippen MR) is 89.7 cm³/mol. The number of aliphatic imine (C=N–C) groups is 1. The van der Waals surface area contributed by atoms with Gasteiger partial charge < -0.3 is 20.6 Å². The van der Waals surface area contributed by atoms with E-state index < -0.39 is 0 Å². The largest absolute Gasteiger partial charge is 0.396 e. The van der Waals surface area contributed by atoms with Crippen LogP contribution in [-0.4, -0.2) is 62.3 Å². The van der Waals surface area contributed by atoms with Crippen molar-refractivity contribution < 1.29 is 5.11 Å². The van der Waals surface area contributed by atoms with Crippen molar-refractivity contribution in [1.82, 2.24) is 15.5 Å². The second kappa shape index (κ2) is 10.9. The number of guanidine groups is 1. The number of aliphatic hydroxyl groups is 1. The first-order valence-corrected chi connectivity index (χ1v) is 8.51. The average Bonchev–Trinajstić information content (AvgIpc) is 2.88. The summed E-state index contributed by atoms with van der Waals surface area (Å²) in [7, 11) is 2.18. The second-order valence-electron chi connectivity index (χ2n) is 6.18. The number of hydrogen-bond acceptors (Lipinski definition) is 3. The van der Waals surface area contributed by atoms with E-state index in [2.05, 4.69) is 36.4 Å². The van der Waals surface area contributed by atoms with E-state index in [0.29, 0.717) is 5.92 Å². The maximum atomic E-state index is 9.12. The standard InChI is InChI=1S/C16H34N4O/c1-4-6-14(8-10-21)11-18-16(17-5-2)19-12-15-7-9-20(3)13-15/h14-15,21H,4-13H2,1-3H3,(H2,17,18,19). The lowest BCUT2D eigenvalue weighted by atomic mass is 10.0. The van der Waals surface area contributed by atoms with Gasteiger partial charge in [0.1, 0.15) is 0 Å². The normalized spacial score (nSPS) is 21.5. The molecule has 1 aliphatic rings. The molecule has 3 N–H and O–H groups in total. The van der Waals surface area contributed by atoms with Crippen LogP contribution in [0.4, 0.5) is 0 Å². The molecule has 2 unspecified atom stereocenters. The zero-order valence-corrected chi connectivity index (χ0v) is 14.1. The Morgan fingerprint density at radius 2 is 2.14 bits per heavy atom. The molecule has 124 valence electrons. The van der Waals surface area contributed by atoms with Crippen LogP contribution in [0.5, 0.6) is 0 Å². The molecular formula is C16H34N4O. The molecule has 0 radical (unpaired) electrons. The molecule has 1 heterocycles. The van der Waals surface area contributed by atoms with Crippen molar-refractivity contribution in [3.8, 4) is 0 Å². The average molecular weight is 298 g/mol. The van der Waals surface area contributed by atoms with Crippen molar-refractivity contribution in [2.75, 3.05) is 46.4 Å². The number of aliphatic hydroxyl groups excluding tert-OH is 1. The van der Waals surface area contributed by atoms with Gasteiger partial charge in [0, 0.05) is 32.8 Å². The van der Waals surface area contributed by atoms with E-state index in [-0.39, 0.29) is 6.61 Å². The third-order valence-electron chi connectivity index (χ3n) is 4.13. The molecule has 1 fully saturated rings. The quantitative estimate of drug-likeness (QED) is 0.443. The molecule has 0 aromatic carbocycles. The number of likely N-dealkylation sites (tertiary alicyclic amines) is 1. The highest BCUT2D eigenvalue weighted by Crippen LogP contribution is 2.13. The van der Waals surface area contributed by atoms with Gasteiger partial charge in [0.25, 0.3) is 0 Å². The molecule has 1 aliphatic heterocycles. The summed E-state index contributed by atoms with van der Waals surface area (Å²) in [6.07, 6.45) is 4.41. The fraction of sp³-hybridized carbons (Fsp3) is 0.938. The number of hydrogen-bond donors (Lipinski definition) is 3. The van der Waals surface area contributed by atoms with Gasteiger partial charge in [-0.15, -0.1) is 0 Å². The zero-order valence-electron chi connectivity index (χ0n) is 14.1. The van der Waals surface area contributed by atoms with E-state index in [1.807, 2.05) is 0 Å². The van der Waals surface area contributed by atoms with Gasteiger partial charge in [-0.05, 0) is 51.6 Å². The first-order valence-electron chi connectivity index (χ1n) is 8.51. The van der Waals surface area contributed by atoms with Gasteiger partial charge in [-0.3, -0.25) is 4.99 Å². The van der Waals surface area contributed by atoms with E-state index in [1.54, 1.807) is 0 Å². The minimum atomic E-state index is 0.262. The number of rotatable bonds is 9. The Bertz CT molecular complexity index is 290. The topological polar surface area (TPSA) is 59.9 Å². The Labute approximate surface area is 130 Å². The van der Waals surface area contributed by atoms with Crippen LogP contribution in [0, 0.1) is 11.8 Å². The van der Waals surface area contributed by atoms with Gasteiger partial charge >= 0.3 is 0 Å². The first kappa shape index (κ1) is 18.2. The fourth-order valence-corrected chi connectivity index (χ4v) is 2.91. The summed E-state index contributed by atoms with van der Waals surface area (Å²) in [6, 6.07) is 0. The molecule has 5 nitrogen and oxygen atoms in total. The zero-order chi connectivity index (χ0) is 15.5. The highest BCUT2D eigenvalue weighted by Gasteiger charge is 2.19. The molecular weight excluding hydrogens is 264 g/mol. The minimum Gasteiger partial charge on any atom is -0.396 e. The minimum absolute atomic E-state index is 0.262. The molecule has 2 atom stereocenters. The molecule has 0 aliphatic carbocycles. The lowest BCUT2D eigenvalue weighted by Crippen LogP contribution is -2.40. The van der Waals surface area contributed by atoms with Crippen LogP contribution < -0.4 is 10.6 Å². The van der Waals surface area contributed by atoms with Crippen LogP contribution in [0.1, 0.15) is 39.5 Å². The Balaban J connectivity index is 2.40. The maximum absolute atomic E-state index is 9.12. The van der Waals surface area contributed by atoms with Crippen LogP contribution in [0.15, 0.2) is 4.99 Å². The molecule has 0 bridgehead atoms. The van der Waals surface area contributed by atoms with Crippen LogP contribution in [0.25, 0.3) is 0 Å². The monoisotopic (exact) mass is 298 g/mol. The van der Waals surface area contributed by atoms with Gasteiger partial charge in [-0.2, -0.15) is 0 Å². The molecule has 0 aromatic rings. The van der Waals surface area contributed by atoms with E-state index in [1.165, 1.54) is 19.5 Å². The van der Waals surface area contributed by atoms with Crippen molar-refractivity contribution in [3.05, 3.63) is 0 Å². The molecule has 5 heteroatoms. The molecule has 0 aromatic heterocycles. The summed E-state index contributed by atoms with van der Waals surface area (Å²) in [5.74, 6) is 2.14. The summed E-state index contributed by atoms with van der Waals surface area (Å²) in [5, 5.41) is 15.9. The van der Waals surface area contributed by atoms with Crippen molar-refractivity contribution in [2.24, 2.45) is 16.8 Å². The van der Waals surface area contributed by atoms with E-state index in [0.717, 1.165) is 50.8 Å². The fourth-order valence-electron chi connectivity index (χ4n) is 2.91. The molecule has 21 heavy (non-hydrogen) atoms. The Kier molecular flexibility index (Phi) is 9.42. The van der Waals surface area contributed by atoms with Crippen LogP contribution in [0.3, 0.4) is 0 Å². The van der Waals surface area contributed by atoms with Crippen LogP contribution in [-0.2, 0) is 0 Å². The summed E-state index contributed by atoms with van der Waals surface area (Å²) < 4.78 is 0. The molecule has 0 spiro atoms. The molecule has 1 saturated heterocycles. The summed E-state index contributed by atoms with van der Waals surface area (Å²) >= 11 is 0. The van der Waals surface area contributed by atoms with Crippen molar-refractivity contribution in [3.63, 3.8) is 0 Å².